The van der Waals surface area contributed by atoms with Gasteiger partial charge in [-0.3, -0.25) is 9.59 Å². The van der Waals surface area contributed by atoms with Crippen molar-refractivity contribution in [2.45, 2.75) is 50.6 Å². The van der Waals surface area contributed by atoms with E-state index in [1.165, 1.54) is 11.3 Å². The second-order valence-electron chi connectivity index (χ2n) is 10.1. The van der Waals surface area contributed by atoms with Crippen LogP contribution in [0.15, 0.2) is 66.0 Å². The molecule has 1 aliphatic carbocycles. The van der Waals surface area contributed by atoms with Crippen LogP contribution in [0, 0.1) is 0 Å². The highest BCUT2D eigenvalue weighted by Gasteiger charge is 2.25. The fourth-order valence-corrected chi connectivity index (χ4v) is 5.67. The molecule has 1 aliphatic rings. The Hall–Kier alpha value is -3.78. The van der Waals surface area contributed by atoms with E-state index in [9.17, 15) is 9.59 Å². The number of para-hydroxylation sites is 1. The molecular weight excluding hydrogens is 494 g/mol. The zero-order valence-corrected chi connectivity index (χ0v) is 22.8. The van der Waals surface area contributed by atoms with Gasteiger partial charge in [-0.1, -0.05) is 42.5 Å². The molecule has 2 aromatic carbocycles. The van der Waals surface area contributed by atoms with Gasteiger partial charge in [0.2, 0.25) is 17.6 Å². The van der Waals surface area contributed by atoms with Crippen LogP contribution in [0.5, 0.6) is 0 Å². The molecule has 0 saturated heterocycles. The molecule has 1 amide bonds. The van der Waals surface area contributed by atoms with Gasteiger partial charge in [0.25, 0.3) is 0 Å². The quantitative estimate of drug-likeness (QED) is 0.289. The number of fused-ring (bicyclic) bond motifs is 1. The van der Waals surface area contributed by atoms with Crippen LogP contribution in [-0.2, 0) is 4.79 Å². The first-order valence-corrected chi connectivity index (χ1v) is 14.0. The Labute approximate surface area is 227 Å². The van der Waals surface area contributed by atoms with Gasteiger partial charge in [-0.25, -0.2) is 4.98 Å². The Morgan fingerprint density at radius 3 is 2.32 bits per heavy atom. The highest BCUT2D eigenvalue weighted by atomic mass is 32.1. The van der Waals surface area contributed by atoms with E-state index in [0.29, 0.717) is 11.5 Å². The number of hydrogen-bond donors (Lipinski definition) is 2. The fraction of sp³-hybridized carbons (Fsp3) is 0.333. The summed E-state index contributed by atoms with van der Waals surface area (Å²) in [7, 11) is 3.99. The van der Waals surface area contributed by atoms with Crippen LogP contribution in [0.2, 0.25) is 0 Å². The fourth-order valence-electron chi connectivity index (χ4n) is 4.98. The molecule has 1 fully saturated rings. The molecule has 5 rings (SSSR count). The van der Waals surface area contributed by atoms with Crippen molar-refractivity contribution in [1.82, 2.24) is 15.3 Å². The summed E-state index contributed by atoms with van der Waals surface area (Å²) in [5.41, 5.74) is 2.47. The lowest BCUT2D eigenvalue weighted by atomic mass is 9.90. The average Bonchev–Trinajstić information content (AvgIpc) is 3.48. The summed E-state index contributed by atoms with van der Waals surface area (Å²) in [6, 6.07) is 19.6. The first-order chi connectivity index (χ1) is 18.4. The van der Waals surface area contributed by atoms with E-state index < -0.39 is 0 Å². The van der Waals surface area contributed by atoms with E-state index in [4.69, 9.17) is 9.97 Å². The van der Waals surface area contributed by atoms with Gasteiger partial charge in [-0.15, -0.1) is 11.3 Å². The molecule has 0 aliphatic heterocycles. The van der Waals surface area contributed by atoms with Crippen molar-refractivity contribution in [2.75, 3.05) is 24.3 Å². The standard InChI is InChI=1S/C30H33N5O2S/c1-19(20-10-12-21(13-11-20)27(36)26-9-6-18-38-26)29(37)31-22-14-16-23(17-15-22)32-30-33-25-8-5-4-7-24(25)28(34-30)35(2)3/h4-13,18-19,22-23H,14-17H2,1-3H3,(H,31,37)(H,32,33,34). The zero-order valence-electron chi connectivity index (χ0n) is 22.0. The Morgan fingerprint density at radius 2 is 1.63 bits per heavy atom. The minimum Gasteiger partial charge on any atom is -0.362 e. The normalized spacial score (nSPS) is 18.1. The summed E-state index contributed by atoms with van der Waals surface area (Å²) < 4.78 is 0. The van der Waals surface area contributed by atoms with Gasteiger partial charge in [0, 0.05) is 37.1 Å². The van der Waals surface area contributed by atoms with Crippen molar-refractivity contribution in [3.8, 4) is 0 Å². The van der Waals surface area contributed by atoms with E-state index in [0.717, 1.165) is 52.8 Å². The molecule has 0 radical (unpaired) electrons. The second kappa shape index (κ2) is 11.3. The highest BCUT2D eigenvalue weighted by Crippen LogP contribution is 2.27. The van der Waals surface area contributed by atoms with E-state index >= 15 is 0 Å². The third-order valence-corrected chi connectivity index (χ3v) is 8.09. The molecular formula is C30H33N5O2S. The lowest BCUT2D eigenvalue weighted by Gasteiger charge is -2.30. The van der Waals surface area contributed by atoms with Gasteiger partial charge in [0.05, 0.1) is 16.3 Å². The molecule has 1 unspecified atom stereocenters. The van der Waals surface area contributed by atoms with E-state index in [-0.39, 0.29) is 29.7 Å². The predicted molar refractivity (Wildman–Crippen MR) is 154 cm³/mol. The molecule has 196 valence electrons. The first kappa shape index (κ1) is 25.9. The van der Waals surface area contributed by atoms with Gasteiger partial charge >= 0.3 is 0 Å². The maximum Gasteiger partial charge on any atom is 0.227 e. The van der Waals surface area contributed by atoms with Crippen molar-refractivity contribution < 1.29 is 9.59 Å². The monoisotopic (exact) mass is 527 g/mol. The number of benzene rings is 2. The van der Waals surface area contributed by atoms with Gasteiger partial charge in [-0.05, 0) is 61.7 Å². The highest BCUT2D eigenvalue weighted by molar-refractivity contribution is 7.12. The third kappa shape index (κ3) is 5.70. The molecule has 4 aromatic rings. The van der Waals surface area contributed by atoms with Crippen LogP contribution >= 0.6 is 11.3 Å². The van der Waals surface area contributed by atoms with Crippen LogP contribution in [0.3, 0.4) is 0 Å². The van der Waals surface area contributed by atoms with Crippen LogP contribution in [0.4, 0.5) is 11.8 Å². The second-order valence-corrected chi connectivity index (χ2v) is 11.1. The largest absolute Gasteiger partial charge is 0.362 e. The van der Waals surface area contributed by atoms with E-state index in [1.807, 2.05) is 92.0 Å². The van der Waals surface area contributed by atoms with Gasteiger partial charge < -0.3 is 15.5 Å². The van der Waals surface area contributed by atoms with E-state index in [1.54, 1.807) is 0 Å². The minimum atomic E-state index is -0.285. The molecule has 2 N–H and O–H groups in total. The van der Waals surface area contributed by atoms with E-state index in [2.05, 4.69) is 10.6 Å². The third-order valence-electron chi connectivity index (χ3n) is 7.22. The Morgan fingerprint density at radius 1 is 0.921 bits per heavy atom. The van der Waals surface area contributed by atoms with Gasteiger partial charge in [-0.2, -0.15) is 4.98 Å². The number of hydrogen-bond acceptors (Lipinski definition) is 7. The first-order valence-electron chi connectivity index (χ1n) is 13.1. The van der Waals surface area contributed by atoms with Crippen LogP contribution in [0.1, 0.15) is 59.3 Å². The Kier molecular flexibility index (Phi) is 7.69. The summed E-state index contributed by atoms with van der Waals surface area (Å²) in [5, 5.41) is 9.70. The van der Waals surface area contributed by atoms with Crippen LogP contribution in [-0.4, -0.2) is 47.8 Å². The summed E-state index contributed by atoms with van der Waals surface area (Å²) >= 11 is 1.44. The Bertz CT molecular complexity index is 1410. The smallest absolute Gasteiger partial charge is 0.227 e. The van der Waals surface area contributed by atoms with Gasteiger partial charge in [0.15, 0.2) is 0 Å². The lowest BCUT2D eigenvalue weighted by molar-refractivity contribution is -0.123. The number of anilines is 2. The lowest BCUT2D eigenvalue weighted by Crippen LogP contribution is -2.41. The minimum absolute atomic E-state index is 0.0149. The average molecular weight is 528 g/mol. The number of carbonyl (C=O) groups excluding carboxylic acids is 2. The number of rotatable bonds is 8. The van der Waals surface area contributed by atoms with Crippen LogP contribution < -0.4 is 15.5 Å². The van der Waals surface area contributed by atoms with Gasteiger partial charge in [0.1, 0.15) is 5.82 Å². The van der Waals surface area contributed by atoms with Crippen molar-refractivity contribution in [2.24, 2.45) is 0 Å². The Balaban J connectivity index is 1.14. The van der Waals surface area contributed by atoms with Crippen molar-refractivity contribution in [1.29, 1.82) is 0 Å². The molecule has 7 nitrogen and oxygen atoms in total. The zero-order chi connectivity index (χ0) is 26.6. The SMILES string of the molecule is CC(C(=O)NC1CCC(Nc2nc(N(C)C)c3ccccc3n2)CC1)c1ccc(C(=O)c2cccs2)cc1. The summed E-state index contributed by atoms with van der Waals surface area (Å²) in [6.07, 6.45) is 3.68. The maximum atomic E-state index is 13.0. The summed E-state index contributed by atoms with van der Waals surface area (Å²) in [5.74, 6) is 1.30. The topological polar surface area (TPSA) is 87.2 Å². The number of nitrogens with one attached hydrogen (secondary N) is 2. The molecule has 2 heterocycles. The molecule has 2 aromatic heterocycles. The molecule has 1 atom stereocenters. The number of carbonyl (C=O) groups is 2. The number of nitrogens with zero attached hydrogens (tertiary/aromatic N) is 3. The van der Waals surface area contributed by atoms with Crippen LogP contribution in [0.25, 0.3) is 10.9 Å². The number of thiophene rings is 1. The predicted octanol–water partition coefficient (Wildman–Crippen LogP) is 5.63. The molecule has 0 bridgehead atoms. The molecule has 1 saturated carbocycles. The molecule has 38 heavy (non-hydrogen) atoms. The number of amides is 1. The van der Waals surface area contributed by atoms with Crippen molar-refractivity contribution >= 4 is 45.7 Å². The maximum absolute atomic E-state index is 13.0. The number of aromatic nitrogens is 2. The molecule has 8 heteroatoms. The van der Waals surface area contributed by atoms with Crippen molar-refractivity contribution in [3.05, 3.63) is 82.0 Å². The summed E-state index contributed by atoms with van der Waals surface area (Å²) in [6.45, 7) is 1.91. The summed E-state index contributed by atoms with van der Waals surface area (Å²) in [4.78, 5) is 37.8. The number of ketones is 1. The van der Waals surface area contributed by atoms with Crippen molar-refractivity contribution in [3.63, 3.8) is 0 Å². The molecule has 0 spiro atoms.